The first-order valence-corrected chi connectivity index (χ1v) is 7.38. The Hall–Kier alpha value is -1.03. The highest BCUT2D eigenvalue weighted by atomic mass is 79.9. The number of hydrogen-bond acceptors (Lipinski definition) is 2. The van der Waals surface area contributed by atoms with Crippen molar-refractivity contribution in [2.24, 2.45) is 17.1 Å². The van der Waals surface area contributed by atoms with Crippen molar-refractivity contribution in [1.82, 2.24) is 0 Å². The summed E-state index contributed by atoms with van der Waals surface area (Å²) in [7, 11) is 0. The van der Waals surface area contributed by atoms with Crippen molar-refractivity contribution in [3.05, 3.63) is 28.7 Å². The molecular weight excluding hydrogens is 304 g/mol. The van der Waals surface area contributed by atoms with E-state index in [4.69, 9.17) is 5.73 Å². The van der Waals surface area contributed by atoms with E-state index in [0.717, 1.165) is 23.0 Å². The molecule has 0 aromatic heterocycles. The third-order valence-electron chi connectivity index (χ3n) is 4.11. The molecule has 0 bridgehead atoms. The number of carbonyl (C=O) groups is 1. The van der Waals surface area contributed by atoms with E-state index in [1.165, 1.54) is 0 Å². The Morgan fingerprint density at radius 3 is 2.37 bits per heavy atom. The van der Waals surface area contributed by atoms with Crippen LogP contribution < -0.4 is 11.1 Å². The normalized spacial score (nSPS) is 29.2. The maximum Gasteiger partial charge on any atom is 0.243 e. The van der Waals surface area contributed by atoms with Crippen LogP contribution in [0.3, 0.4) is 0 Å². The molecular formula is C15H21BrN2O. The lowest BCUT2D eigenvalue weighted by Gasteiger charge is -2.33. The van der Waals surface area contributed by atoms with Gasteiger partial charge in [-0.2, -0.15) is 0 Å². The number of benzene rings is 1. The summed E-state index contributed by atoms with van der Waals surface area (Å²) in [6.07, 6.45) is 1.77. The van der Waals surface area contributed by atoms with Crippen LogP contribution in [-0.4, -0.2) is 11.4 Å². The quantitative estimate of drug-likeness (QED) is 0.893. The Labute approximate surface area is 123 Å². The zero-order valence-corrected chi connectivity index (χ0v) is 13.3. The van der Waals surface area contributed by atoms with Gasteiger partial charge in [0.2, 0.25) is 5.91 Å². The summed E-state index contributed by atoms with van der Waals surface area (Å²) in [5.74, 6) is -0.0304. The molecule has 3 N–H and O–H groups in total. The van der Waals surface area contributed by atoms with E-state index in [2.05, 4.69) is 42.0 Å². The van der Waals surface area contributed by atoms with Gasteiger partial charge in [0, 0.05) is 10.2 Å². The van der Waals surface area contributed by atoms with Crippen molar-refractivity contribution < 1.29 is 4.79 Å². The molecule has 4 heteroatoms. The minimum Gasteiger partial charge on any atom is -0.371 e. The second-order valence-electron chi connectivity index (χ2n) is 6.41. The molecule has 3 nitrogen and oxygen atoms in total. The van der Waals surface area contributed by atoms with E-state index >= 15 is 0 Å². The molecule has 0 heterocycles. The number of carbonyl (C=O) groups excluding carboxylic acids is 1. The lowest BCUT2D eigenvalue weighted by molar-refractivity contribution is -0.123. The maximum atomic E-state index is 12.0. The van der Waals surface area contributed by atoms with Crippen molar-refractivity contribution in [1.29, 1.82) is 0 Å². The third-order valence-corrected chi connectivity index (χ3v) is 4.64. The first-order valence-electron chi connectivity index (χ1n) is 6.59. The second kappa shape index (κ2) is 4.82. The van der Waals surface area contributed by atoms with Crippen LogP contribution >= 0.6 is 15.9 Å². The van der Waals surface area contributed by atoms with Gasteiger partial charge < -0.3 is 11.1 Å². The second-order valence-corrected chi connectivity index (χ2v) is 7.33. The van der Waals surface area contributed by atoms with E-state index in [1.807, 2.05) is 24.3 Å². The first kappa shape index (κ1) is 14.4. The average molecular weight is 325 g/mol. The Morgan fingerprint density at radius 2 is 1.95 bits per heavy atom. The summed E-state index contributed by atoms with van der Waals surface area (Å²) in [6.45, 7) is 6.49. The van der Waals surface area contributed by atoms with Gasteiger partial charge >= 0.3 is 0 Å². The standard InChI is InChI=1S/C15H21BrN2O/c1-10-8-14(2,3)9-15(10,13(17)19)18-12-6-4-11(16)5-7-12/h4-7,10,18H,8-9H2,1-3H3,(H2,17,19). The van der Waals surface area contributed by atoms with Gasteiger partial charge in [-0.15, -0.1) is 0 Å². The predicted molar refractivity (Wildman–Crippen MR) is 81.9 cm³/mol. The van der Waals surface area contributed by atoms with Gasteiger partial charge in [0.05, 0.1) is 0 Å². The molecule has 1 aromatic rings. The molecule has 1 aromatic carbocycles. The molecule has 19 heavy (non-hydrogen) atoms. The molecule has 2 rings (SSSR count). The van der Waals surface area contributed by atoms with Crippen molar-refractivity contribution in [2.45, 2.75) is 39.2 Å². The lowest BCUT2D eigenvalue weighted by Crippen LogP contribution is -2.52. The molecule has 2 atom stereocenters. The van der Waals surface area contributed by atoms with Crippen LogP contribution in [0.4, 0.5) is 5.69 Å². The summed E-state index contributed by atoms with van der Waals surface area (Å²) < 4.78 is 1.02. The van der Waals surface area contributed by atoms with Crippen molar-refractivity contribution in [3.63, 3.8) is 0 Å². The fourth-order valence-corrected chi connectivity index (χ4v) is 3.62. The van der Waals surface area contributed by atoms with Crippen LogP contribution in [0.5, 0.6) is 0 Å². The van der Waals surface area contributed by atoms with Gasteiger partial charge in [0.25, 0.3) is 0 Å². The van der Waals surface area contributed by atoms with E-state index in [0.29, 0.717) is 0 Å². The average Bonchev–Trinajstić information content (AvgIpc) is 2.53. The molecule has 104 valence electrons. The van der Waals surface area contributed by atoms with E-state index < -0.39 is 5.54 Å². The van der Waals surface area contributed by atoms with Crippen LogP contribution in [0, 0.1) is 11.3 Å². The molecule has 1 aliphatic rings. The number of nitrogens with one attached hydrogen (secondary N) is 1. The largest absolute Gasteiger partial charge is 0.371 e. The lowest BCUT2D eigenvalue weighted by atomic mass is 9.85. The summed E-state index contributed by atoms with van der Waals surface area (Å²) in [5, 5.41) is 3.39. The number of anilines is 1. The highest BCUT2D eigenvalue weighted by Crippen LogP contribution is 2.48. The van der Waals surface area contributed by atoms with Crippen LogP contribution in [0.2, 0.25) is 0 Å². The van der Waals surface area contributed by atoms with E-state index in [1.54, 1.807) is 0 Å². The van der Waals surface area contributed by atoms with Crippen LogP contribution in [0.1, 0.15) is 33.6 Å². The van der Waals surface area contributed by atoms with Gasteiger partial charge in [-0.3, -0.25) is 4.79 Å². The summed E-state index contributed by atoms with van der Waals surface area (Å²) in [4.78, 5) is 12.0. The fraction of sp³-hybridized carbons (Fsp3) is 0.533. The first-order chi connectivity index (χ1) is 8.75. The minimum absolute atomic E-state index is 0.136. The van der Waals surface area contributed by atoms with Crippen LogP contribution in [0.25, 0.3) is 0 Å². The zero-order valence-electron chi connectivity index (χ0n) is 11.7. The topological polar surface area (TPSA) is 55.1 Å². The zero-order chi connectivity index (χ0) is 14.3. The maximum absolute atomic E-state index is 12.0. The highest BCUT2D eigenvalue weighted by Gasteiger charge is 2.52. The molecule has 1 fully saturated rings. The van der Waals surface area contributed by atoms with Gasteiger partial charge in [0.15, 0.2) is 0 Å². The predicted octanol–water partition coefficient (Wildman–Crippen LogP) is 3.54. The molecule has 0 saturated heterocycles. The smallest absolute Gasteiger partial charge is 0.243 e. The monoisotopic (exact) mass is 324 g/mol. The Balaban J connectivity index is 2.31. The molecule has 2 unspecified atom stereocenters. The summed E-state index contributed by atoms with van der Waals surface area (Å²) in [5.41, 5.74) is 6.14. The minimum atomic E-state index is -0.642. The van der Waals surface area contributed by atoms with Crippen LogP contribution in [-0.2, 0) is 4.79 Å². The Morgan fingerprint density at radius 1 is 1.37 bits per heavy atom. The summed E-state index contributed by atoms with van der Waals surface area (Å²) >= 11 is 3.41. The van der Waals surface area contributed by atoms with Crippen LogP contribution in [0.15, 0.2) is 28.7 Å². The van der Waals surface area contributed by atoms with Gasteiger partial charge in [0.1, 0.15) is 5.54 Å². The van der Waals surface area contributed by atoms with Crippen molar-refractivity contribution >= 4 is 27.5 Å². The molecule has 0 radical (unpaired) electrons. The molecule has 1 amide bonds. The SMILES string of the molecule is CC1CC(C)(C)CC1(Nc1ccc(Br)cc1)C(N)=O. The number of rotatable bonds is 3. The van der Waals surface area contributed by atoms with Crippen molar-refractivity contribution in [3.8, 4) is 0 Å². The molecule has 0 aliphatic heterocycles. The number of nitrogens with two attached hydrogens (primary N) is 1. The van der Waals surface area contributed by atoms with E-state index in [-0.39, 0.29) is 17.2 Å². The van der Waals surface area contributed by atoms with Crippen molar-refractivity contribution in [2.75, 3.05) is 5.32 Å². The van der Waals surface area contributed by atoms with E-state index in [9.17, 15) is 4.79 Å². The molecule has 0 spiro atoms. The number of hydrogen-bond donors (Lipinski definition) is 2. The van der Waals surface area contributed by atoms with Gasteiger partial charge in [-0.25, -0.2) is 0 Å². The van der Waals surface area contributed by atoms with Gasteiger partial charge in [-0.1, -0.05) is 36.7 Å². The Bertz CT molecular complexity index is 483. The molecule has 1 saturated carbocycles. The summed E-state index contributed by atoms with van der Waals surface area (Å²) in [6, 6.07) is 7.85. The fourth-order valence-electron chi connectivity index (χ4n) is 3.35. The van der Waals surface area contributed by atoms with Gasteiger partial charge in [-0.05, 0) is 48.4 Å². The number of primary amides is 1. The number of halogens is 1. The number of amides is 1. The molecule has 1 aliphatic carbocycles. The Kier molecular flexibility index (Phi) is 3.65. The highest BCUT2D eigenvalue weighted by molar-refractivity contribution is 9.10. The third kappa shape index (κ3) is 2.78.